The van der Waals surface area contributed by atoms with E-state index in [0.29, 0.717) is 11.3 Å². The van der Waals surface area contributed by atoms with Gasteiger partial charge in [0, 0.05) is 11.8 Å². The number of carbonyl (C=O) groups is 1. The predicted octanol–water partition coefficient (Wildman–Crippen LogP) is 2.05. The standard InChI is InChI=1S/C13H12N2O3/c1-18-10-5-2-4-9(8-10)13(17)15-12-11(16)6-3-7-14-12/h2-8,16H,1H3,(H,14,15,17). The molecule has 1 heterocycles. The lowest BCUT2D eigenvalue weighted by molar-refractivity contribution is 0.102. The van der Waals surface area contributed by atoms with Crippen molar-refractivity contribution in [2.75, 3.05) is 12.4 Å². The molecule has 0 bridgehead atoms. The Bertz CT molecular complexity index is 570. The van der Waals surface area contributed by atoms with Gasteiger partial charge in [0.05, 0.1) is 7.11 Å². The van der Waals surface area contributed by atoms with Crippen LogP contribution in [0.1, 0.15) is 10.4 Å². The first-order valence-corrected chi connectivity index (χ1v) is 5.30. The zero-order valence-electron chi connectivity index (χ0n) is 9.75. The maximum atomic E-state index is 11.9. The molecule has 1 aromatic carbocycles. The topological polar surface area (TPSA) is 71.5 Å². The van der Waals surface area contributed by atoms with Crippen molar-refractivity contribution in [3.63, 3.8) is 0 Å². The van der Waals surface area contributed by atoms with Crippen molar-refractivity contribution < 1.29 is 14.6 Å². The summed E-state index contributed by atoms with van der Waals surface area (Å²) >= 11 is 0. The summed E-state index contributed by atoms with van der Waals surface area (Å²) in [6, 6.07) is 9.75. The molecule has 18 heavy (non-hydrogen) atoms. The van der Waals surface area contributed by atoms with E-state index in [4.69, 9.17) is 4.74 Å². The van der Waals surface area contributed by atoms with E-state index in [-0.39, 0.29) is 17.5 Å². The molecule has 5 heteroatoms. The molecule has 1 aromatic heterocycles. The number of pyridine rings is 1. The van der Waals surface area contributed by atoms with Crippen LogP contribution in [-0.4, -0.2) is 23.1 Å². The van der Waals surface area contributed by atoms with Crippen molar-refractivity contribution in [1.82, 2.24) is 4.98 Å². The highest BCUT2D eigenvalue weighted by molar-refractivity contribution is 6.04. The summed E-state index contributed by atoms with van der Waals surface area (Å²) in [5, 5.41) is 12.0. The molecule has 0 spiro atoms. The molecule has 2 rings (SSSR count). The number of nitrogens with one attached hydrogen (secondary N) is 1. The van der Waals surface area contributed by atoms with Gasteiger partial charge in [-0.3, -0.25) is 4.79 Å². The Hall–Kier alpha value is -2.56. The van der Waals surface area contributed by atoms with E-state index in [2.05, 4.69) is 10.3 Å². The average Bonchev–Trinajstić information content (AvgIpc) is 2.41. The van der Waals surface area contributed by atoms with E-state index in [1.54, 1.807) is 30.3 Å². The molecule has 0 unspecified atom stereocenters. The fraction of sp³-hybridized carbons (Fsp3) is 0.0769. The van der Waals surface area contributed by atoms with Gasteiger partial charge in [0.2, 0.25) is 0 Å². The first-order valence-electron chi connectivity index (χ1n) is 5.30. The lowest BCUT2D eigenvalue weighted by Crippen LogP contribution is -2.13. The number of amides is 1. The molecule has 0 saturated carbocycles. The summed E-state index contributed by atoms with van der Waals surface area (Å²) in [5.41, 5.74) is 0.430. The van der Waals surface area contributed by atoms with Crippen LogP contribution in [0.2, 0.25) is 0 Å². The normalized spacial score (nSPS) is 9.83. The SMILES string of the molecule is COc1cccc(C(=O)Nc2ncccc2O)c1. The lowest BCUT2D eigenvalue weighted by Gasteiger charge is -2.06. The number of anilines is 1. The van der Waals surface area contributed by atoms with Crippen LogP contribution in [0.4, 0.5) is 5.82 Å². The van der Waals surface area contributed by atoms with Crippen LogP contribution in [-0.2, 0) is 0 Å². The lowest BCUT2D eigenvalue weighted by atomic mass is 10.2. The summed E-state index contributed by atoms with van der Waals surface area (Å²) < 4.78 is 5.03. The Balaban J connectivity index is 2.19. The molecule has 0 aliphatic heterocycles. The summed E-state index contributed by atoms with van der Waals surface area (Å²) in [4.78, 5) is 15.8. The number of nitrogens with zero attached hydrogens (tertiary/aromatic N) is 1. The third kappa shape index (κ3) is 2.57. The van der Waals surface area contributed by atoms with Crippen molar-refractivity contribution in [3.8, 4) is 11.5 Å². The van der Waals surface area contributed by atoms with Gasteiger partial charge < -0.3 is 15.2 Å². The molecule has 1 amide bonds. The van der Waals surface area contributed by atoms with Gasteiger partial charge >= 0.3 is 0 Å². The van der Waals surface area contributed by atoms with Gasteiger partial charge in [-0.2, -0.15) is 0 Å². The van der Waals surface area contributed by atoms with Crippen molar-refractivity contribution in [3.05, 3.63) is 48.2 Å². The van der Waals surface area contributed by atoms with E-state index in [1.165, 1.54) is 19.4 Å². The van der Waals surface area contributed by atoms with Gasteiger partial charge in [0.15, 0.2) is 11.6 Å². The molecule has 0 saturated heterocycles. The Morgan fingerprint density at radius 3 is 2.89 bits per heavy atom. The van der Waals surface area contributed by atoms with Crippen LogP contribution in [0.3, 0.4) is 0 Å². The van der Waals surface area contributed by atoms with Crippen LogP contribution < -0.4 is 10.1 Å². The number of aromatic hydroxyl groups is 1. The minimum absolute atomic E-state index is 0.0752. The van der Waals surface area contributed by atoms with Crippen molar-refractivity contribution in [2.45, 2.75) is 0 Å². The Labute approximate surface area is 104 Å². The van der Waals surface area contributed by atoms with Gasteiger partial charge in [0.25, 0.3) is 5.91 Å². The third-order valence-electron chi connectivity index (χ3n) is 2.35. The van der Waals surface area contributed by atoms with Crippen LogP contribution in [0.5, 0.6) is 11.5 Å². The predicted molar refractivity (Wildman–Crippen MR) is 66.8 cm³/mol. The zero-order valence-corrected chi connectivity index (χ0v) is 9.75. The van der Waals surface area contributed by atoms with E-state index in [0.717, 1.165) is 0 Å². The minimum atomic E-state index is -0.358. The number of methoxy groups -OCH3 is 1. The van der Waals surface area contributed by atoms with E-state index < -0.39 is 0 Å². The van der Waals surface area contributed by atoms with Gasteiger partial charge in [0.1, 0.15) is 5.75 Å². The molecule has 2 aromatic rings. The van der Waals surface area contributed by atoms with E-state index >= 15 is 0 Å². The van der Waals surface area contributed by atoms with E-state index in [9.17, 15) is 9.90 Å². The molecule has 0 aliphatic carbocycles. The average molecular weight is 244 g/mol. The Kier molecular flexibility index (Phi) is 3.43. The highest BCUT2D eigenvalue weighted by Crippen LogP contribution is 2.20. The van der Waals surface area contributed by atoms with Gasteiger partial charge in [-0.15, -0.1) is 0 Å². The van der Waals surface area contributed by atoms with Gasteiger partial charge in [-0.05, 0) is 30.3 Å². The van der Waals surface area contributed by atoms with Crippen molar-refractivity contribution >= 4 is 11.7 Å². The molecular weight excluding hydrogens is 232 g/mol. The Morgan fingerprint density at radius 1 is 1.33 bits per heavy atom. The molecule has 0 atom stereocenters. The molecule has 0 radical (unpaired) electrons. The summed E-state index contributed by atoms with van der Waals surface area (Å²) in [5.74, 6) is 0.287. The summed E-state index contributed by atoms with van der Waals surface area (Å²) in [6.07, 6.45) is 1.49. The fourth-order valence-electron chi connectivity index (χ4n) is 1.44. The second-order valence-electron chi connectivity index (χ2n) is 3.56. The molecule has 0 aliphatic rings. The smallest absolute Gasteiger partial charge is 0.257 e. The number of benzene rings is 1. The molecule has 92 valence electrons. The maximum absolute atomic E-state index is 11.9. The second-order valence-corrected chi connectivity index (χ2v) is 3.56. The minimum Gasteiger partial charge on any atom is -0.504 e. The van der Waals surface area contributed by atoms with Crippen LogP contribution in [0.25, 0.3) is 0 Å². The zero-order chi connectivity index (χ0) is 13.0. The monoisotopic (exact) mass is 244 g/mol. The van der Waals surface area contributed by atoms with Crippen molar-refractivity contribution in [2.24, 2.45) is 0 Å². The number of hydrogen-bond acceptors (Lipinski definition) is 4. The first kappa shape index (κ1) is 11.9. The quantitative estimate of drug-likeness (QED) is 0.866. The highest BCUT2D eigenvalue weighted by atomic mass is 16.5. The second kappa shape index (κ2) is 5.18. The largest absolute Gasteiger partial charge is 0.504 e. The number of carbonyl (C=O) groups excluding carboxylic acids is 1. The maximum Gasteiger partial charge on any atom is 0.257 e. The fourth-order valence-corrected chi connectivity index (χ4v) is 1.44. The van der Waals surface area contributed by atoms with Gasteiger partial charge in [-0.25, -0.2) is 4.98 Å². The van der Waals surface area contributed by atoms with Gasteiger partial charge in [-0.1, -0.05) is 6.07 Å². The number of hydrogen-bond donors (Lipinski definition) is 2. The number of rotatable bonds is 3. The molecular formula is C13H12N2O3. The molecule has 2 N–H and O–H groups in total. The van der Waals surface area contributed by atoms with Crippen LogP contribution in [0, 0.1) is 0 Å². The van der Waals surface area contributed by atoms with Crippen molar-refractivity contribution in [1.29, 1.82) is 0 Å². The third-order valence-corrected chi connectivity index (χ3v) is 2.35. The highest BCUT2D eigenvalue weighted by Gasteiger charge is 2.10. The molecule has 5 nitrogen and oxygen atoms in total. The molecule has 0 fully saturated rings. The Morgan fingerprint density at radius 2 is 2.17 bits per heavy atom. The number of ether oxygens (including phenoxy) is 1. The van der Waals surface area contributed by atoms with Crippen LogP contribution >= 0.6 is 0 Å². The summed E-state index contributed by atoms with van der Waals surface area (Å²) in [7, 11) is 1.53. The van der Waals surface area contributed by atoms with Crippen LogP contribution in [0.15, 0.2) is 42.6 Å². The van der Waals surface area contributed by atoms with E-state index in [1.807, 2.05) is 0 Å². The summed E-state index contributed by atoms with van der Waals surface area (Å²) in [6.45, 7) is 0. The number of aromatic nitrogens is 1. The first-order chi connectivity index (χ1) is 8.70.